The number of benzene rings is 3. The first kappa shape index (κ1) is 30.5. The highest BCUT2D eigenvalue weighted by Crippen LogP contribution is 2.32. The van der Waals surface area contributed by atoms with Gasteiger partial charge < -0.3 is 19.3 Å². The van der Waals surface area contributed by atoms with Crippen LogP contribution in [0.5, 0.6) is 11.5 Å². The van der Waals surface area contributed by atoms with Crippen LogP contribution in [-0.4, -0.2) is 54.6 Å². The van der Waals surface area contributed by atoms with E-state index in [1.54, 1.807) is 21.1 Å². The molecule has 0 saturated carbocycles. The number of carbonyl (C=O) groups excluding carboxylic acids is 1. The van der Waals surface area contributed by atoms with Gasteiger partial charge in [0.25, 0.3) is 10.0 Å². The zero-order chi connectivity index (χ0) is 31.1. The molecule has 3 aromatic carbocycles. The van der Waals surface area contributed by atoms with Crippen molar-refractivity contribution in [3.63, 3.8) is 0 Å². The summed E-state index contributed by atoms with van der Waals surface area (Å²) in [5.74, 6) is 2.15. The van der Waals surface area contributed by atoms with Gasteiger partial charge in [-0.05, 0) is 79.7 Å². The monoisotopic (exact) mass is 632 g/mol. The van der Waals surface area contributed by atoms with Crippen molar-refractivity contribution >= 4 is 39.2 Å². The van der Waals surface area contributed by atoms with Gasteiger partial charge in [-0.3, -0.25) is 9.52 Å². The number of ether oxygens (including phenoxy) is 2. The molecule has 0 atom stereocenters. The van der Waals surface area contributed by atoms with Gasteiger partial charge in [-0.2, -0.15) is 0 Å². The normalized spacial score (nSPS) is 11.2. The summed E-state index contributed by atoms with van der Waals surface area (Å²) >= 11 is 1.30. The molecule has 0 aliphatic rings. The highest BCUT2D eigenvalue weighted by molar-refractivity contribution is 7.99. The van der Waals surface area contributed by atoms with Crippen molar-refractivity contribution in [1.82, 2.24) is 20.3 Å². The molecule has 0 saturated heterocycles. The standard InChI is InChI=1S/C30H28N6O6S2/c1-19-18-26(35-42-19)36-44(38,39)25-14-8-22(9-15-25)31-27(37)16-17-43-30-32-28(20-4-10-23(40-2)11-5-20)29(33-34-30)21-6-12-24(41-3)13-7-21/h4-15,18H,16-17H2,1-3H3,(H,31,37)(H,35,36). The number of rotatable bonds is 12. The quantitative estimate of drug-likeness (QED) is 0.169. The fourth-order valence-corrected chi connectivity index (χ4v) is 5.76. The first-order valence-electron chi connectivity index (χ1n) is 13.3. The summed E-state index contributed by atoms with van der Waals surface area (Å²) < 4.78 is 43.0. The maximum atomic E-state index is 12.6. The Hall–Kier alpha value is -4.95. The van der Waals surface area contributed by atoms with Crippen LogP contribution in [0.25, 0.3) is 22.5 Å². The molecular weight excluding hydrogens is 605 g/mol. The average molecular weight is 633 g/mol. The Balaban J connectivity index is 1.22. The molecule has 12 nitrogen and oxygen atoms in total. The molecule has 0 bridgehead atoms. The van der Waals surface area contributed by atoms with Crippen LogP contribution in [0.3, 0.4) is 0 Å². The molecule has 5 aromatic rings. The molecule has 5 rings (SSSR count). The molecule has 0 aliphatic carbocycles. The summed E-state index contributed by atoms with van der Waals surface area (Å²) in [5.41, 5.74) is 3.37. The second kappa shape index (κ2) is 13.6. The summed E-state index contributed by atoms with van der Waals surface area (Å²) in [6.45, 7) is 1.66. The average Bonchev–Trinajstić information content (AvgIpc) is 3.44. The maximum absolute atomic E-state index is 12.6. The number of methoxy groups -OCH3 is 2. The number of amides is 1. The van der Waals surface area contributed by atoms with Crippen molar-refractivity contribution in [2.24, 2.45) is 0 Å². The predicted molar refractivity (Wildman–Crippen MR) is 166 cm³/mol. The van der Waals surface area contributed by atoms with E-state index in [0.717, 1.165) is 22.6 Å². The second-order valence-electron chi connectivity index (χ2n) is 9.35. The largest absolute Gasteiger partial charge is 0.497 e. The van der Waals surface area contributed by atoms with E-state index in [0.29, 0.717) is 33.7 Å². The zero-order valence-electron chi connectivity index (χ0n) is 24.0. The Morgan fingerprint density at radius 2 is 1.48 bits per heavy atom. The van der Waals surface area contributed by atoms with Gasteiger partial charge in [0, 0.05) is 35.1 Å². The molecule has 14 heteroatoms. The lowest BCUT2D eigenvalue weighted by atomic mass is 10.0. The van der Waals surface area contributed by atoms with E-state index < -0.39 is 10.0 Å². The summed E-state index contributed by atoms with van der Waals surface area (Å²) in [5, 5.41) is 15.6. The molecule has 2 aromatic heterocycles. The topological polar surface area (TPSA) is 158 Å². The van der Waals surface area contributed by atoms with Crippen molar-refractivity contribution in [3.05, 3.63) is 84.6 Å². The number of thioether (sulfide) groups is 1. The molecule has 2 heterocycles. The summed E-state index contributed by atoms with van der Waals surface area (Å²) in [6.07, 6.45) is 0.166. The molecule has 0 spiro atoms. The maximum Gasteiger partial charge on any atom is 0.263 e. The number of nitrogens with one attached hydrogen (secondary N) is 2. The van der Waals surface area contributed by atoms with Gasteiger partial charge in [0.05, 0.1) is 19.1 Å². The van der Waals surface area contributed by atoms with Crippen molar-refractivity contribution in [3.8, 4) is 34.0 Å². The number of nitrogens with zero attached hydrogens (tertiary/aromatic N) is 4. The van der Waals surface area contributed by atoms with Crippen LogP contribution in [0.15, 0.2) is 93.4 Å². The zero-order valence-corrected chi connectivity index (χ0v) is 25.6. The fraction of sp³-hybridized carbons (Fsp3) is 0.167. The second-order valence-corrected chi connectivity index (χ2v) is 12.1. The lowest BCUT2D eigenvalue weighted by molar-refractivity contribution is -0.115. The number of hydrogen-bond acceptors (Lipinski definition) is 11. The third-order valence-corrected chi connectivity index (χ3v) is 8.48. The minimum Gasteiger partial charge on any atom is -0.497 e. The van der Waals surface area contributed by atoms with Crippen molar-refractivity contribution < 1.29 is 27.2 Å². The van der Waals surface area contributed by atoms with Crippen LogP contribution >= 0.6 is 11.8 Å². The lowest BCUT2D eigenvalue weighted by Gasteiger charge is -2.11. The summed E-state index contributed by atoms with van der Waals surface area (Å²) in [4.78, 5) is 17.4. The van der Waals surface area contributed by atoms with Crippen LogP contribution in [0.1, 0.15) is 12.2 Å². The van der Waals surface area contributed by atoms with E-state index in [1.807, 2.05) is 48.5 Å². The molecule has 1 amide bonds. The van der Waals surface area contributed by atoms with Crippen molar-refractivity contribution in [2.45, 2.75) is 23.4 Å². The first-order valence-corrected chi connectivity index (χ1v) is 15.7. The van der Waals surface area contributed by atoms with E-state index in [1.165, 1.54) is 42.1 Å². The van der Waals surface area contributed by atoms with Gasteiger partial charge in [0.2, 0.25) is 11.1 Å². The SMILES string of the molecule is COc1ccc(-c2nnc(SCCC(=O)Nc3ccc(S(=O)(=O)Nc4cc(C)on4)cc3)nc2-c2ccc(OC)cc2)cc1. The third kappa shape index (κ3) is 7.51. The summed E-state index contributed by atoms with van der Waals surface area (Å²) in [7, 11) is -0.649. The van der Waals surface area contributed by atoms with Gasteiger partial charge in [0.15, 0.2) is 5.82 Å². The summed E-state index contributed by atoms with van der Waals surface area (Å²) in [6, 6.07) is 22.3. The van der Waals surface area contributed by atoms with E-state index in [9.17, 15) is 13.2 Å². The fourth-order valence-electron chi connectivity index (χ4n) is 4.05. The molecule has 0 fully saturated rings. The Bertz CT molecular complexity index is 1840. The van der Waals surface area contributed by atoms with E-state index in [-0.39, 0.29) is 23.0 Å². The van der Waals surface area contributed by atoms with Gasteiger partial charge in [-0.25, -0.2) is 13.4 Å². The third-order valence-electron chi connectivity index (χ3n) is 6.27. The molecule has 44 heavy (non-hydrogen) atoms. The first-order chi connectivity index (χ1) is 21.2. The van der Waals surface area contributed by atoms with Crippen molar-refractivity contribution in [1.29, 1.82) is 0 Å². The predicted octanol–water partition coefficient (Wildman–Crippen LogP) is 5.44. The molecule has 2 N–H and O–H groups in total. The number of aromatic nitrogens is 4. The van der Waals surface area contributed by atoms with Gasteiger partial charge >= 0.3 is 0 Å². The number of anilines is 2. The number of sulfonamides is 1. The molecule has 226 valence electrons. The number of aryl methyl sites for hydroxylation is 1. The molecule has 0 unspecified atom stereocenters. The van der Waals surface area contributed by atoms with E-state index >= 15 is 0 Å². The Morgan fingerprint density at radius 1 is 0.864 bits per heavy atom. The Morgan fingerprint density at radius 3 is 2.05 bits per heavy atom. The van der Waals surface area contributed by atoms with Gasteiger partial charge in [-0.15, -0.1) is 10.2 Å². The van der Waals surface area contributed by atoms with E-state index in [2.05, 4.69) is 25.4 Å². The van der Waals surface area contributed by atoms with Crippen molar-refractivity contribution in [2.75, 3.05) is 30.0 Å². The number of hydrogen-bond donors (Lipinski definition) is 2. The lowest BCUT2D eigenvalue weighted by Crippen LogP contribution is -2.14. The number of carbonyl (C=O) groups is 1. The van der Waals surface area contributed by atoms with E-state index in [4.69, 9.17) is 19.0 Å². The molecular formula is C30H28N6O6S2. The molecule has 0 aliphatic heterocycles. The van der Waals surface area contributed by atoms with Crippen LogP contribution in [0.4, 0.5) is 11.5 Å². The Labute approximate surface area is 258 Å². The highest BCUT2D eigenvalue weighted by Gasteiger charge is 2.17. The van der Waals surface area contributed by atoms with Crippen LogP contribution in [-0.2, 0) is 14.8 Å². The minimum absolute atomic E-state index is 0.0158. The minimum atomic E-state index is -3.86. The van der Waals surface area contributed by atoms with Crippen LogP contribution < -0.4 is 19.5 Å². The molecule has 0 radical (unpaired) electrons. The van der Waals surface area contributed by atoms with Gasteiger partial charge in [-0.1, -0.05) is 16.9 Å². The smallest absolute Gasteiger partial charge is 0.263 e. The highest BCUT2D eigenvalue weighted by atomic mass is 32.2. The van der Waals surface area contributed by atoms with Crippen LogP contribution in [0.2, 0.25) is 0 Å². The van der Waals surface area contributed by atoms with Gasteiger partial charge in [0.1, 0.15) is 28.6 Å². The Kier molecular flexibility index (Phi) is 9.41. The van der Waals surface area contributed by atoms with Crippen LogP contribution in [0, 0.1) is 6.92 Å².